The van der Waals surface area contributed by atoms with Crippen LogP contribution in [0, 0.1) is 11.6 Å². The van der Waals surface area contributed by atoms with Crippen molar-refractivity contribution in [2.24, 2.45) is 0 Å². The van der Waals surface area contributed by atoms with E-state index in [4.69, 9.17) is 16.4 Å². The van der Waals surface area contributed by atoms with Crippen LogP contribution in [0.15, 0.2) is 60.8 Å². The van der Waals surface area contributed by atoms with Gasteiger partial charge in [-0.15, -0.1) is 0 Å². The van der Waals surface area contributed by atoms with Crippen molar-refractivity contribution in [2.45, 2.75) is 19.3 Å². The maximum absolute atomic E-state index is 15.1. The molecular formula is C25H24ClF4N3O2. The molecule has 3 rings (SSSR count). The number of amides is 1. The monoisotopic (exact) mass is 509 g/mol. The molecular weight excluding hydrogens is 486 g/mol. The Bertz CT molecular complexity index is 1240. The van der Waals surface area contributed by atoms with Gasteiger partial charge in [0.1, 0.15) is 5.82 Å². The van der Waals surface area contributed by atoms with E-state index >= 15 is 13.2 Å². The first-order chi connectivity index (χ1) is 16.6. The summed E-state index contributed by atoms with van der Waals surface area (Å²) in [5.74, 6) is -5.50. The van der Waals surface area contributed by atoms with Crippen LogP contribution in [0.4, 0.5) is 23.2 Å². The van der Waals surface area contributed by atoms with Crippen molar-refractivity contribution < 1.29 is 27.2 Å². The molecule has 0 atom stereocenters. The quantitative estimate of drug-likeness (QED) is 0.177. The third-order valence-electron chi connectivity index (χ3n) is 5.06. The topological polar surface area (TPSA) is 62.4 Å². The van der Waals surface area contributed by atoms with E-state index in [9.17, 15) is 9.18 Å². The number of halogens is 5. The van der Waals surface area contributed by atoms with Crippen LogP contribution in [0.2, 0.25) is 5.02 Å². The first-order valence-corrected chi connectivity index (χ1v) is 11.0. The second-order valence-corrected chi connectivity index (χ2v) is 8.25. The van der Waals surface area contributed by atoms with Gasteiger partial charge in [-0.25, -0.2) is 8.78 Å². The zero-order valence-corrected chi connectivity index (χ0v) is 19.6. The van der Waals surface area contributed by atoms with Crippen LogP contribution in [0.5, 0.6) is 0 Å². The molecule has 0 aliphatic carbocycles. The number of hydrogen-bond acceptors (Lipinski definition) is 4. The molecule has 0 heterocycles. The van der Waals surface area contributed by atoms with E-state index in [0.29, 0.717) is 5.70 Å². The summed E-state index contributed by atoms with van der Waals surface area (Å²) in [4.78, 5) is 17.2. The molecule has 0 aliphatic heterocycles. The Hall–Kier alpha value is -3.30. The van der Waals surface area contributed by atoms with Crippen LogP contribution in [0.1, 0.15) is 18.1 Å². The van der Waals surface area contributed by atoms with E-state index in [-0.39, 0.29) is 45.8 Å². The minimum Gasteiger partial charge on any atom is -0.376 e. The first-order valence-electron chi connectivity index (χ1n) is 10.7. The zero-order valence-electron chi connectivity index (χ0n) is 18.9. The van der Waals surface area contributed by atoms with Gasteiger partial charge in [0, 0.05) is 33.8 Å². The van der Waals surface area contributed by atoms with Gasteiger partial charge in [0.15, 0.2) is 5.82 Å². The second-order valence-electron chi connectivity index (χ2n) is 7.84. The third-order valence-corrected chi connectivity index (χ3v) is 5.42. The summed E-state index contributed by atoms with van der Waals surface area (Å²) in [6.07, 6.45) is -0.396. The lowest BCUT2D eigenvalue weighted by Gasteiger charge is -2.21. The number of alkyl halides is 2. The number of nitrogens with one attached hydrogen (secondary N) is 3. The smallest absolute Gasteiger partial charge is 0.290 e. The van der Waals surface area contributed by atoms with Gasteiger partial charge < -0.3 is 10.6 Å². The van der Waals surface area contributed by atoms with E-state index in [1.807, 2.05) is 0 Å². The third kappa shape index (κ3) is 6.64. The van der Waals surface area contributed by atoms with Crippen LogP contribution >= 0.6 is 11.6 Å². The van der Waals surface area contributed by atoms with Gasteiger partial charge in [-0.1, -0.05) is 42.4 Å². The van der Waals surface area contributed by atoms with Crippen molar-refractivity contribution in [3.63, 3.8) is 0 Å². The number of allylic oxidation sites excluding steroid dienone is 1. The molecule has 5 nitrogen and oxygen atoms in total. The van der Waals surface area contributed by atoms with Gasteiger partial charge in [0.2, 0.25) is 5.91 Å². The molecule has 10 heteroatoms. The highest BCUT2D eigenvalue weighted by Crippen LogP contribution is 2.35. The van der Waals surface area contributed by atoms with Gasteiger partial charge in [-0.3, -0.25) is 15.1 Å². The normalized spacial score (nSPS) is 11.4. The average molecular weight is 510 g/mol. The lowest BCUT2D eigenvalue weighted by atomic mass is 9.99. The molecule has 3 N–H and O–H groups in total. The summed E-state index contributed by atoms with van der Waals surface area (Å²) < 4.78 is 59.2. The molecule has 3 aromatic rings. The summed E-state index contributed by atoms with van der Waals surface area (Å²) >= 11 is 6.05. The van der Waals surface area contributed by atoms with Crippen LogP contribution in [-0.2, 0) is 22.0 Å². The van der Waals surface area contributed by atoms with Crippen LogP contribution in [-0.4, -0.2) is 25.6 Å². The van der Waals surface area contributed by atoms with Gasteiger partial charge in [0.25, 0.3) is 5.92 Å². The molecule has 1 amide bonds. The van der Waals surface area contributed by atoms with E-state index < -0.39 is 36.4 Å². The fourth-order valence-corrected chi connectivity index (χ4v) is 3.63. The minimum absolute atomic E-state index is 0.0142. The van der Waals surface area contributed by atoms with Crippen molar-refractivity contribution in [2.75, 3.05) is 25.0 Å². The van der Waals surface area contributed by atoms with Crippen molar-refractivity contribution in [3.05, 3.63) is 88.6 Å². The number of hydrogen-bond donors (Lipinski definition) is 3. The molecule has 35 heavy (non-hydrogen) atoms. The predicted molar refractivity (Wildman–Crippen MR) is 128 cm³/mol. The lowest BCUT2D eigenvalue weighted by molar-refractivity contribution is -0.120. The van der Waals surface area contributed by atoms with Crippen LogP contribution < -0.4 is 16.1 Å². The molecule has 0 aromatic heterocycles. The molecule has 0 aliphatic rings. The SMILES string of the molecule is C=C(C)NOCCNC(=O)Cc1c(Cl)ccc(NCC(F)(F)c2ccc(F)c3ccccc23)c1F. The van der Waals surface area contributed by atoms with Crippen molar-refractivity contribution in [1.82, 2.24) is 10.8 Å². The fraction of sp³-hybridized carbons (Fsp3) is 0.240. The highest BCUT2D eigenvalue weighted by Gasteiger charge is 2.34. The largest absolute Gasteiger partial charge is 0.376 e. The number of carbonyl (C=O) groups is 1. The van der Waals surface area contributed by atoms with Gasteiger partial charge >= 0.3 is 0 Å². The Balaban J connectivity index is 1.69. The van der Waals surface area contributed by atoms with E-state index in [2.05, 4.69) is 22.7 Å². The number of benzene rings is 3. The second kappa shape index (κ2) is 11.4. The highest BCUT2D eigenvalue weighted by atomic mass is 35.5. The number of carbonyl (C=O) groups excluding carboxylic acids is 1. The highest BCUT2D eigenvalue weighted by molar-refractivity contribution is 6.31. The number of rotatable bonds is 11. The van der Waals surface area contributed by atoms with Gasteiger partial charge in [-0.05, 0) is 36.6 Å². The summed E-state index contributed by atoms with van der Waals surface area (Å²) in [5, 5.41) is 5.06. The van der Waals surface area contributed by atoms with Crippen LogP contribution in [0.25, 0.3) is 10.8 Å². The van der Waals surface area contributed by atoms with Gasteiger partial charge in [-0.2, -0.15) is 8.78 Å². The maximum Gasteiger partial charge on any atom is 0.290 e. The maximum atomic E-state index is 15.1. The van der Waals surface area contributed by atoms with Crippen molar-refractivity contribution in [1.29, 1.82) is 0 Å². The molecule has 0 unspecified atom stereocenters. The number of anilines is 1. The van der Waals surface area contributed by atoms with Crippen molar-refractivity contribution >= 4 is 34.0 Å². The molecule has 0 bridgehead atoms. The molecule has 0 saturated carbocycles. The van der Waals surface area contributed by atoms with E-state index in [1.165, 1.54) is 30.3 Å². The summed E-state index contributed by atoms with van der Waals surface area (Å²) in [7, 11) is 0. The van der Waals surface area contributed by atoms with Crippen LogP contribution in [0.3, 0.4) is 0 Å². The van der Waals surface area contributed by atoms with E-state index in [0.717, 1.165) is 12.1 Å². The Kier molecular flexibility index (Phi) is 8.58. The summed E-state index contributed by atoms with van der Waals surface area (Å²) in [6, 6.07) is 10.4. The molecule has 186 valence electrons. The Morgan fingerprint density at radius 2 is 1.80 bits per heavy atom. The Morgan fingerprint density at radius 3 is 2.51 bits per heavy atom. The molecule has 0 radical (unpaired) electrons. The Morgan fingerprint density at radius 1 is 1.09 bits per heavy atom. The summed E-state index contributed by atoms with van der Waals surface area (Å²) in [6.45, 7) is 4.62. The lowest BCUT2D eigenvalue weighted by Crippen LogP contribution is -2.30. The number of fused-ring (bicyclic) bond motifs is 1. The predicted octanol–water partition coefficient (Wildman–Crippen LogP) is 5.69. The molecule has 3 aromatic carbocycles. The first kappa shape index (κ1) is 26.3. The average Bonchev–Trinajstić information content (AvgIpc) is 2.81. The molecule has 0 spiro atoms. The van der Waals surface area contributed by atoms with E-state index in [1.54, 1.807) is 13.0 Å². The summed E-state index contributed by atoms with van der Waals surface area (Å²) in [5.41, 5.74) is 2.36. The van der Waals surface area contributed by atoms with Gasteiger partial charge in [0.05, 0.1) is 25.3 Å². The minimum atomic E-state index is -3.45. The standard InChI is InChI=1S/C25H24ClF4N3O2/c1-15(2)33-35-12-11-31-23(34)13-18-20(26)8-10-22(24(18)28)32-14-25(29,30)19-7-9-21(27)17-6-4-3-5-16(17)19/h3-10,32-33H,1,11-14H2,2H3,(H,31,34). The molecule has 0 fully saturated rings. The molecule has 0 saturated heterocycles. The Labute approximate surface area is 205 Å². The zero-order chi connectivity index (χ0) is 25.6. The number of hydroxylamine groups is 1. The fourth-order valence-electron chi connectivity index (χ4n) is 3.42. The van der Waals surface area contributed by atoms with Crippen molar-refractivity contribution in [3.8, 4) is 0 Å².